The molecule has 0 saturated heterocycles. The lowest BCUT2D eigenvalue weighted by atomic mass is 10.1. The fourth-order valence-electron chi connectivity index (χ4n) is 2.19. The topological polar surface area (TPSA) is 39.1 Å². The molecule has 0 aliphatic carbocycles. The summed E-state index contributed by atoms with van der Waals surface area (Å²) >= 11 is 6.05. The third-order valence-corrected chi connectivity index (χ3v) is 3.77. The zero-order valence-corrected chi connectivity index (χ0v) is 13.7. The molecule has 0 aliphatic heterocycles. The van der Waals surface area contributed by atoms with Crippen LogP contribution in [0.4, 0.5) is 0 Å². The molecule has 21 heavy (non-hydrogen) atoms. The highest BCUT2D eigenvalue weighted by atomic mass is 35.5. The zero-order chi connectivity index (χ0) is 15.4. The zero-order valence-electron chi connectivity index (χ0n) is 12.9. The van der Waals surface area contributed by atoms with E-state index in [9.17, 15) is 0 Å². The Labute approximate surface area is 131 Å². The van der Waals surface area contributed by atoms with E-state index in [1.165, 1.54) is 5.56 Å². The van der Waals surface area contributed by atoms with Crippen LogP contribution in [-0.4, -0.2) is 22.9 Å². The Balaban J connectivity index is 2.12. The second-order valence-corrected chi connectivity index (χ2v) is 5.74. The van der Waals surface area contributed by atoms with Gasteiger partial charge in [0.15, 0.2) is 0 Å². The highest BCUT2D eigenvalue weighted by Crippen LogP contribution is 2.21. The summed E-state index contributed by atoms with van der Waals surface area (Å²) in [5.41, 5.74) is 2.18. The number of rotatable bonds is 6. The number of halogens is 1. The van der Waals surface area contributed by atoms with E-state index in [-0.39, 0.29) is 12.1 Å². The molecule has 2 aromatic rings. The number of nitrogens with one attached hydrogen (secondary N) is 1. The van der Waals surface area contributed by atoms with E-state index >= 15 is 0 Å². The summed E-state index contributed by atoms with van der Waals surface area (Å²) in [7, 11) is 1.95. The van der Waals surface area contributed by atoms with Gasteiger partial charge in [-0.2, -0.15) is 5.10 Å². The molecule has 114 valence electrons. The lowest BCUT2D eigenvalue weighted by Gasteiger charge is -2.18. The van der Waals surface area contributed by atoms with Crippen molar-refractivity contribution >= 4 is 11.6 Å². The molecule has 1 N–H and O–H groups in total. The Morgan fingerprint density at radius 2 is 1.95 bits per heavy atom. The van der Waals surface area contributed by atoms with Crippen LogP contribution in [0.5, 0.6) is 5.75 Å². The SMILES string of the molecule is CNC(Cn1ncc(Cl)c1C)c1ccc(OC(C)C)cc1. The largest absolute Gasteiger partial charge is 0.491 e. The molecular formula is C16H22ClN3O. The van der Waals surface area contributed by atoms with Gasteiger partial charge in [-0.15, -0.1) is 0 Å². The Kier molecular flexibility index (Phi) is 5.26. The van der Waals surface area contributed by atoms with Crippen LogP contribution in [0.25, 0.3) is 0 Å². The number of aromatic nitrogens is 2. The van der Waals surface area contributed by atoms with Crippen LogP contribution in [-0.2, 0) is 6.54 Å². The van der Waals surface area contributed by atoms with Crippen molar-refractivity contribution in [1.82, 2.24) is 15.1 Å². The third-order valence-electron chi connectivity index (χ3n) is 3.40. The van der Waals surface area contributed by atoms with Gasteiger partial charge in [0, 0.05) is 0 Å². The molecule has 1 aromatic carbocycles. The predicted molar refractivity (Wildman–Crippen MR) is 86.0 cm³/mol. The van der Waals surface area contributed by atoms with Gasteiger partial charge in [0.1, 0.15) is 5.75 Å². The van der Waals surface area contributed by atoms with Crippen LogP contribution < -0.4 is 10.1 Å². The Morgan fingerprint density at radius 1 is 1.29 bits per heavy atom. The second kappa shape index (κ2) is 6.96. The highest BCUT2D eigenvalue weighted by Gasteiger charge is 2.13. The number of hydrogen-bond acceptors (Lipinski definition) is 3. The van der Waals surface area contributed by atoms with E-state index in [2.05, 4.69) is 22.5 Å². The fourth-order valence-corrected chi connectivity index (χ4v) is 2.34. The lowest BCUT2D eigenvalue weighted by Crippen LogP contribution is -2.23. The van der Waals surface area contributed by atoms with Gasteiger partial charge >= 0.3 is 0 Å². The minimum atomic E-state index is 0.174. The smallest absolute Gasteiger partial charge is 0.119 e. The summed E-state index contributed by atoms with van der Waals surface area (Å²) in [5, 5.41) is 8.32. The third kappa shape index (κ3) is 3.99. The van der Waals surface area contributed by atoms with Gasteiger partial charge in [-0.25, -0.2) is 0 Å². The van der Waals surface area contributed by atoms with Crippen LogP contribution in [0.15, 0.2) is 30.5 Å². The number of hydrogen-bond donors (Lipinski definition) is 1. The molecule has 1 unspecified atom stereocenters. The first kappa shape index (κ1) is 15.9. The molecule has 0 amide bonds. The van der Waals surface area contributed by atoms with Crippen molar-refractivity contribution in [3.63, 3.8) is 0 Å². The van der Waals surface area contributed by atoms with E-state index in [4.69, 9.17) is 16.3 Å². The highest BCUT2D eigenvalue weighted by molar-refractivity contribution is 6.31. The van der Waals surface area contributed by atoms with E-state index in [0.717, 1.165) is 18.0 Å². The molecule has 1 aromatic heterocycles. The van der Waals surface area contributed by atoms with Crippen molar-refractivity contribution in [3.8, 4) is 5.75 Å². The van der Waals surface area contributed by atoms with E-state index in [1.54, 1.807) is 6.20 Å². The van der Waals surface area contributed by atoms with Gasteiger partial charge in [0.05, 0.1) is 35.6 Å². The first-order valence-corrected chi connectivity index (χ1v) is 7.51. The maximum atomic E-state index is 6.05. The monoisotopic (exact) mass is 307 g/mol. The standard InChI is InChI=1S/C16H22ClN3O/c1-11(2)21-14-7-5-13(6-8-14)16(18-4)10-20-12(3)15(17)9-19-20/h5-9,11,16,18H,10H2,1-4H3. The van der Waals surface area contributed by atoms with Gasteiger partial charge in [-0.1, -0.05) is 23.7 Å². The van der Waals surface area contributed by atoms with Crippen LogP contribution in [0.2, 0.25) is 5.02 Å². The van der Waals surface area contributed by atoms with Gasteiger partial charge in [-0.05, 0) is 45.5 Å². The molecule has 0 saturated carbocycles. The molecule has 0 aliphatic rings. The van der Waals surface area contributed by atoms with Crippen molar-refractivity contribution < 1.29 is 4.74 Å². The van der Waals surface area contributed by atoms with E-state index in [0.29, 0.717) is 5.02 Å². The first-order valence-electron chi connectivity index (χ1n) is 7.13. The van der Waals surface area contributed by atoms with Crippen LogP contribution in [0, 0.1) is 6.92 Å². The molecule has 0 bridgehead atoms. The average Bonchev–Trinajstić information content (AvgIpc) is 2.77. The minimum Gasteiger partial charge on any atom is -0.491 e. The first-order chi connectivity index (χ1) is 10.0. The van der Waals surface area contributed by atoms with Crippen molar-refractivity contribution in [3.05, 3.63) is 46.7 Å². The molecule has 0 spiro atoms. The normalized spacial score (nSPS) is 12.7. The molecule has 0 fully saturated rings. The van der Waals surface area contributed by atoms with Crippen molar-refractivity contribution in [2.24, 2.45) is 0 Å². The van der Waals surface area contributed by atoms with Crippen molar-refractivity contribution in [2.75, 3.05) is 7.05 Å². The summed E-state index contributed by atoms with van der Waals surface area (Å²) in [5.74, 6) is 0.891. The average molecular weight is 308 g/mol. The van der Waals surface area contributed by atoms with Gasteiger partial charge in [-0.3, -0.25) is 4.68 Å². The maximum absolute atomic E-state index is 6.05. The van der Waals surface area contributed by atoms with Crippen molar-refractivity contribution in [1.29, 1.82) is 0 Å². The Morgan fingerprint density at radius 3 is 2.43 bits per heavy atom. The minimum absolute atomic E-state index is 0.174. The molecule has 1 heterocycles. The van der Waals surface area contributed by atoms with Crippen LogP contribution in [0.3, 0.4) is 0 Å². The molecule has 1 atom stereocenters. The summed E-state index contributed by atoms with van der Waals surface area (Å²) < 4.78 is 7.59. The second-order valence-electron chi connectivity index (χ2n) is 5.34. The number of ether oxygens (including phenoxy) is 1. The molecular weight excluding hydrogens is 286 g/mol. The predicted octanol–water partition coefficient (Wildman–Crippen LogP) is 3.59. The summed E-state index contributed by atoms with van der Waals surface area (Å²) in [6.07, 6.45) is 1.87. The number of nitrogens with zero attached hydrogens (tertiary/aromatic N) is 2. The number of likely N-dealkylation sites (N-methyl/N-ethyl adjacent to an activating group) is 1. The molecule has 2 rings (SSSR count). The Bertz CT molecular complexity index is 578. The Hall–Kier alpha value is -1.52. The van der Waals surface area contributed by atoms with E-state index < -0.39 is 0 Å². The summed E-state index contributed by atoms with van der Waals surface area (Å²) in [6, 6.07) is 8.34. The molecule has 4 nitrogen and oxygen atoms in total. The van der Waals surface area contributed by atoms with Crippen LogP contribution >= 0.6 is 11.6 Å². The van der Waals surface area contributed by atoms with E-state index in [1.807, 2.05) is 44.6 Å². The van der Waals surface area contributed by atoms with Gasteiger partial charge in [0.2, 0.25) is 0 Å². The molecule has 5 heteroatoms. The maximum Gasteiger partial charge on any atom is 0.119 e. The summed E-state index contributed by atoms with van der Waals surface area (Å²) in [6.45, 7) is 6.75. The van der Waals surface area contributed by atoms with Gasteiger partial charge < -0.3 is 10.1 Å². The van der Waals surface area contributed by atoms with Crippen molar-refractivity contribution in [2.45, 2.75) is 39.5 Å². The fraction of sp³-hybridized carbons (Fsp3) is 0.438. The summed E-state index contributed by atoms with van der Waals surface area (Å²) in [4.78, 5) is 0. The van der Waals surface area contributed by atoms with Crippen LogP contribution in [0.1, 0.15) is 31.1 Å². The number of benzene rings is 1. The van der Waals surface area contributed by atoms with Gasteiger partial charge in [0.25, 0.3) is 0 Å². The molecule has 0 radical (unpaired) electrons. The quantitative estimate of drug-likeness (QED) is 0.886. The lowest BCUT2D eigenvalue weighted by molar-refractivity contribution is 0.242.